The van der Waals surface area contributed by atoms with Crippen molar-refractivity contribution in [3.63, 3.8) is 0 Å². The lowest BCUT2D eigenvalue weighted by Crippen LogP contribution is -2.37. The maximum absolute atomic E-state index is 11.5. The standard InChI is InChI=1S/C18H16N2O/c1-3-4-5-6-7-8-9-10-11-14-20-15-12-17(13-16-20)18(21)19-2/h17H,12-13,15-16H2,1-2H3,(H,19,21). The Bertz CT molecular complexity index is 670. The lowest BCUT2D eigenvalue weighted by atomic mass is 9.96. The highest BCUT2D eigenvalue weighted by Crippen LogP contribution is 2.16. The van der Waals surface area contributed by atoms with Crippen molar-refractivity contribution in [2.45, 2.75) is 19.8 Å². The van der Waals surface area contributed by atoms with Crippen LogP contribution in [-0.2, 0) is 4.79 Å². The number of carbonyl (C=O) groups excluding carboxylic acids is 1. The first-order valence-corrected chi connectivity index (χ1v) is 6.67. The molecule has 0 radical (unpaired) electrons. The molecule has 104 valence electrons. The van der Waals surface area contributed by atoms with E-state index in [0.29, 0.717) is 0 Å². The molecule has 1 N–H and O–H groups in total. The third-order valence-corrected chi connectivity index (χ3v) is 2.89. The predicted molar refractivity (Wildman–Crippen MR) is 82.9 cm³/mol. The number of likely N-dealkylation sites (tertiary alicyclic amines) is 1. The van der Waals surface area contributed by atoms with Crippen LogP contribution in [0.5, 0.6) is 0 Å². The molecule has 21 heavy (non-hydrogen) atoms. The van der Waals surface area contributed by atoms with E-state index in [-0.39, 0.29) is 11.8 Å². The number of nitrogens with one attached hydrogen (secondary N) is 1. The van der Waals surface area contributed by atoms with Crippen LogP contribution >= 0.6 is 0 Å². The summed E-state index contributed by atoms with van der Waals surface area (Å²) in [5.41, 5.74) is 0. The van der Waals surface area contributed by atoms with Gasteiger partial charge in [0.2, 0.25) is 5.91 Å². The van der Waals surface area contributed by atoms with E-state index >= 15 is 0 Å². The van der Waals surface area contributed by atoms with Crippen LogP contribution in [0.3, 0.4) is 0 Å². The molecule has 0 aliphatic carbocycles. The first-order valence-electron chi connectivity index (χ1n) is 6.67. The van der Waals surface area contributed by atoms with Gasteiger partial charge in [-0.15, -0.1) is 0 Å². The van der Waals surface area contributed by atoms with Gasteiger partial charge in [0.1, 0.15) is 0 Å². The van der Waals surface area contributed by atoms with Gasteiger partial charge in [0.15, 0.2) is 0 Å². The number of nitrogens with zero attached hydrogens (tertiary/aromatic N) is 1. The highest BCUT2D eigenvalue weighted by Gasteiger charge is 2.22. The largest absolute Gasteiger partial charge is 0.359 e. The molecular formula is C18H16N2O. The summed E-state index contributed by atoms with van der Waals surface area (Å²) in [7, 11) is 1.67. The number of rotatable bonds is 1. The lowest BCUT2D eigenvalue weighted by molar-refractivity contribution is -0.125. The van der Waals surface area contributed by atoms with Gasteiger partial charge in [0.05, 0.1) is 0 Å². The van der Waals surface area contributed by atoms with Crippen molar-refractivity contribution in [2.24, 2.45) is 5.92 Å². The highest BCUT2D eigenvalue weighted by molar-refractivity contribution is 5.78. The van der Waals surface area contributed by atoms with E-state index in [1.54, 1.807) is 14.0 Å². The van der Waals surface area contributed by atoms with Gasteiger partial charge >= 0.3 is 0 Å². The van der Waals surface area contributed by atoms with Gasteiger partial charge in [-0.25, -0.2) is 0 Å². The smallest absolute Gasteiger partial charge is 0.222 e. The Balaban J connectivity index is 2.39. The van der Waals surface area contributed by atoms with Crippen LogP contribution in [0.2, 0.25) is 0 Å². The molecule has 0 bridgehead atoms. The maximum atomic E-state index is 11.5. The zero-order chi connectivity index (χ0) is 15.3. The molecule has 0 aromatic rings. The number of hydrogen-bond donors (Lipinski definition) is 1. The monoisotopic (exact) mass is 276 g/mol. The minimum absolute atomic E-state index is 0.106. The first-order chi connectivity index (χ1) is 10.3. The van der Waals surface area contributed by atoms with Crippen molar-refractivity contribution in [2.75, 3.05) is 20.1 Å². The molecule has 1 rings (SSSR count). The number of carbonyl (C=O) groups is 1. The SMILES string of the molecule is CC#CC#CC#CC#CC#CN1CCC(C(=O)NC)CC1. The van der Waals surface area contributed by atoms with Crippen molar-refractivity contribution in [1.82, 2.24) is 10.2 Å². The van der Waals surface area contributed by atoms with Crippen LogP contribution in [0, 0.1) is 65.2 Å². The summed E-state index contributed by atoms with van der Waals surface area (Å²) in [6.45, 7) is 3.30. The molecule has 0 aromatic carbocycles. The molecule has 3 nitrogen and oxygen atoms in total. The minimum Gasteiger partial charge on any atom is -0.359 e. The minimum atomic E-state index is 0.106. The Hall–Kier alpha value is -2.93. The van der Waals surface area contributed by atoms with Gasteiger partial charge in [0.25, 0.3) is 0 Å². The van der Waals surface area contributed by atoms with E-state index in [2.05, 4.69) is 64.6 Å². The molecule has 0 aromatic heterocycles. The summed E-state index contributed by atoms with van der Waals surface area (Å²) < 4.78 is 0. The predicted octanol–water partition coefficient (Wildman–Crippen LogP) is 0.439. The molecule has 1 heterocycles. The Morgan fingerprint density at radius 1 is 0.952 bits per heavy atom. The fraction of sp³-hybridized carbons (Fsp3) is 0.389. The summed E-state index contributed by atoms with van der Waals surface area (Å²) in [5.74, 6) is 23.8. The topological polar surface area (TPSA) is 32.3 Å². The molecule has 1 fully saturated rings. The molecule has 0 saturated carbocycles. The van der Waals surface area contributed by atoms with Crippen LogP contribution in [-0.4, -0.2) is 30.9 Å². The Morgan fingerprint density at radius 3 is 2.00 bits per heavy atom. The van der Waals surface area contributed by atoms with E-state index < -0.39 is 0 Å². The molecular weight excluding hydrogens is 260 g/mol. The maximum Gasteiger partial charge on any atom is 0.222 e. The van der Waals surface area contributed by atoms with Crippen LogP contribution < -0.4 is 5.32 Å². The van der Waals surface area contributed by atoms with E-state index in [9.17, 15) is 4.79 Å². The second-order valence-electron chi connectivity index (χ2n) is 4.24. The zero-order valence-corrected chi connectivity index (χ0v) is 12.3. The fourth-order valence-electron chi connectivity index (χ4n) is 1.81. The van der Waals surface area contributed by atoms with Gasteiger partial charge in [0, 0.05) is 55.8 Å². The quantitative estimate of drug-likeness (QED) is 0.705. The van der Waals surface area contributed by atoms with Crippen LogP contribution in [0.1, 0.15) is 19.8 Å². The van der Waals surface area contributed by atoms with Gasteiger partial charge in [-0.05, 0) is 43.4 Å². The van der Waals surface area contributed by atoms with Crippen LogP contribution in [0.4, 0.5) is 0 Å². The number of hydrogen-bond acceptors (Lipinski definition) is 2. The molecule has 0 atom stereocenters. The van der Waals surface area contributed by atoms with Gasteiger partial charge in [-0.1, -0.05) is 5.92 Å². The molecule has 1 aliphatic heterocycles. The summed E-state index contributed by atoms with van der Waals surface area (Å²) in [6, 6.07) is 2.96. The first kappa shape index (κ1) is 16.1. The molecule has 0 spiro atoms. The molecule has 1 amide bonds. The zero-order valence-electron chi connectivity index (χ0n) is 12.3. The summed E-state index contributed by atoms with van der Waals surface area (Å²) in [4.78, 5) is 13.5. The number of piperidine rings is 1. The average molecular weight is 276 g/mol. The third kappa shape index (κ3) is 6.69. The second kappa shape index (κ2) is 9.93. The van der Waals surface area contributed by atoms with Crippen molar-refractivity contribution in [3.05, 3.63) is 0 Å². The Labute approximate surface area is 126 Å². The second-order valence-corrected chi connectivity index (χ2v) is 4.24. The molecule has 1 aliphatic rings. The highest BCUT2D eigenvalue weighted by atomic mass is 16.1. The Morgan fingerprint density at radius 2 is 1.48 bits per heavy atom. The van der Waals surface area contributed by atoms with Crippen LogP contribution in [0.15, 0.2) is 0 Å². The summed E-state index contributed by atoms with van der Waals surface area (Å²) >= 11 is 0. The molecule has 1 saturated heterocycles. The van der Waals surface area contributed by atoms with E-state index in [1.807, 2.05) is 4.90 Å². The number of amides is 1. The van der Waals surface area contributed by atoms with Crippen molar-refractivity contribution < 1.29 is 4.79 Å². The van der Waals surface area contributed by atoms with Gasteiger partial charge in [-0.3, -0.25) is 4.79 Å². The molecule has 0 unspecified atom stereocenters. The van der Waals surface area contributed by atoms with Crippen molar-refractivity contribution in [3.8, 4) is 59.3 Å². The van der Waals surface area contributed by atoms with Gasteiger partial charge < -0.3 is 10.2 Å². The fourth-order valence-corrected chi connectivity index (χ4v) is 1.81. The van der Waals surface area contributed by atoms with Gasteiger partial charge in [-0.2, -0.15) is 0 Å². The lowest BCUT2D eigenvalue weighted by Gasteiger charge is -2.27. The third-order valence-electron chi connectivity index (χ3n) is 2.89. The Kier molecular flexibility index (Phi) is 7.62. The van der Waals surface area contributed by atoms with E-state index in [1.165, 1.54) is 0 Å². The van der Waals surface area contributed by atoms with Crippen molar-refractivity contribution >= 4 is 5.91 Å². The molecule has 3 heteroatoms. The average Bonchev–Trinajstić information content (AvgIpc) is 2.53. The van der Waals surface area contributed by atoms with Crippen molar-refractivity contribution in [1.29, 1.82) is 0 Å². The normalized spacial score (nSPS) is 12.4. The van der Waals surface area contributed by atoms with E-state index in [4.69, 9.17) is 0 Å². The van der Waals surface area contributed by atoms with Crippen LogP contribution in [0.25, 0.3) is 0 Å². The summed E-state index contributed by atoms with van der Waals surface area (Å²) in [5, 5.41) is 2.68. The van der Waals surface area contributed by atoms with E-state index in [0.717, 1.165) is 25.9 Å². The summed E-state index contributed by atoms with van der Waals surface area (Å²) in [6.07, 6.45) is 1.66.